The van der Waals surface area contributed by atoms with Gasteiger partial charge in [-0.1, -0.05) is 11.6 Å². The van der Waals surface area contributed by atoms with E-state index in [1.807, 2.05) is 0 Å². The fraction of sp³-hybridized carbons (Fsp3) is 0.125. The minimum atomic E-state index is -0.588. The maximum Gasteiger partial charge on any atom is 0.269 e. The van der Waals surface area contributed by atoms with E-state index in [-0.39, 0.29) is 35.1 Å². The number of rotatable bonds is 6. The van der Waals surface area contributed by atoms with Crippen molar-refractivity contribution in [3.05, 3.63) is 69.0 Å². The highest BCUT2D eigenvalue weighted by molar-refractivity contribution is 6.31. The van der Waals surface area contributed by atoms with Gasteiger partial charge in [0.1, 0.15) is 5.82 Å². The maximum atomic E-state index is 13.0. The number of amides is 2. The predicted octanol–water partition coefficient (Wildman–Crippen LogP) is 3.15. The van der Waals surface area contributed by atoms with Crippen LogP contribution < -0.4 is 10.6 Å². The molecule has 0 fully saturated rings. The Morgan fingerprint density at radius 3 is 2.44 bits per heavy atom. The molecule has 0 unspecified atom stereocenters. The van der Waals surface area contributed by atoms with Crippen molar-refractivity contribution in [3.63, 3.8) is 0 Å². The number of carbonyl (C=O) groups is 2. The van der Waals surface area contributed by atoms with Crippen LogP contribution >= 0.6 is 11.6 Å². The van der Waals surface area contributed by atoms with Crippen molar-refractivity contribution in [3.8, 4) is 0 Å². The van der Waals surface area contributed by atoms with Crippen LogP contribution in [0, 0.1) is 15.9 Å². The van der Waals surface area contributed by atoms with Gasteiger partial charge in [-0.2, -0.15) is 0 Å². The molecule has 9 heteroatoms. The molecule has 2 N–H and O–H groups in total. The van der Waals surface area contributed by atoms with E-state index in [0.29, 0.717) is 5.69 Å². The summed E-state index contributed by atoms with van der Waals surface area (Å²) in [6.07, 6.45) is -0.00623. The van der Waals surface area contributed by atoms with Gasteiger partial charge in [0.15, 0.2) is 0 Å². The fourth-order valence-electron chi connectivity index (χ4n) is 1.92. The van der Waals surface area contributed by atoms with Gasteiger partial charge >= 0.3 is 0 Å². The first-order chi connectivity index (χ1) is 11.9. The van der Waals surface area contributed by atoms with Crippen molar-refractivity contribution in [2.24, 2.45) is 0 Å². The van der Waals surface area contributed by atoms with Gasteiger partial charge in [0.25, 0.3) is 11.6 Å². The zero-order valence-corrected chi connectivity index (χ0v) is 13.5. The van der Waals surface area contributed by atoms with Crippen LogP contribution in [0.4, 0.5) is 15.8 Å². The van der Waals surface area contributed by atoms with Crippen molar-refractivity contribution in [2.45, 2.75) is 6.42 Å². The Morgan fingerprint density at radius 1 is 1.16 bits per heavy atom. The summed E-state index contributed by atoms with van der Waals surface area (Å²) in [6.45, 7) is 0.0661. The average molecular weight is 366 g/mol. The summed E-state index contributed by atoms with van der Waals surface area (Å²) in [6, 6.07) is 8.88. The average Bonchev–Trinajstić information content (AvgIpc) is 2.58. The molecule has 0 aliphatic carbocycles. The molecule has 2 aromatic carbocycles. The Bertz CT molecular complexity index is 812. The van der Waals surface area contributed by atoms with Gasteiger partial charge in [-0.05, 0) is 30.3 Å². The highest BCUT2D eigenvalue weighted by atomic mass is 35.5. The first kappa shape index (κ1) is 18.3. The number of halogens is 2. The molecule has 0 radical (unpaired) electrons. The molecule has 0 aromatic heterocycles. The van der Waals surface area contributed by atoms with Crippen LogP contribution in [0.25, 0.3) is 0 Å². The lowest BCUT2D eigenvalue weighted by atomic mass is 10.2. The molecule has 0 atom stereocenters. The third-order valence-corrected chi connectivity index (χ3v) is 3.47. The normalized spacial score (nSPS) is 10.2. The smallest absolute Gasteiger partial charge is 0.269 e. The number of nitro benzene ring substituents is 1. The van der Waals surface area contributed by atoms with E-state index in [2.05, 4.69) is 10.6 Å². The van der Waals surface area contributed by atoms with Crippen LogP contribution in [-0.4, -0.2) is 23.3 Å². The van der Waals surface area contributed by atoms with Gasteiger partial charge in [-0.3, -0.25) is 19.7 Å². The second-order valence-electron chi connectivity index (χ2n) is 4.99. The highest BCUT2D eigenvalue weighted by Crippen LogP contribution is 2.19. The number of nitrogens with zero attached hydrogens (tertiary/aromatic N) is 1. The highest BCUT2D eigenvalue weighted by Gasteiger charge is 2.10. The van der Waals surface area contributed by atoms with Crippen LogP contribution in [0.5, 0.6) is 0 Å². The third kappa shape index (κ3) is 5.25. The number of anilines is 1. The number of hydrogen-bond donors (Lipinski definition) is 2. The number of carbonyl (C=O) groups excluding carboxylic acids is 2. The summed E-state index contributed by atoms with van der Waals surface area (Å²) in [5.41, 5.74) is 0.475. The second-order valence-corrected chi connectivity index (χ2v) is 5.39. The number of benzene rings is 2. The van der Waals surface area contributed by atoms with Crippen LogP contribution in [0.15, 0.2) is 42.5 Å². The molecule has 0 saturated heterocycles. The first-order valence-electron chi connectivity index (χ1n) is 7.14. The Labute approximate surface area is 146 Å². The summed E-state index contributed by atoms with van der Waals surface area (Å²) in [5.74, 6) is -1.42. The zero-order chi connectivity index (χ0) is 18.4. The lowest BCUT2D eigenvalue weighted by Crippen LogP contribution is -2.27. The molecule has 0 bridgehead atoms. The molecule has 25 heavy (non-hydrogen) atoms. The Kier molecular flexibility index (Phi) is 6.02. The molecule has 0 heterocycles. The number of nitro groups is 1. The molecule has 130 valence electrons. The van der Waals surface area contributed by atoms with E-state index in [1.165, 1.54) is 36.4 Å². The van der Waals surface area contributed by atoms with Crippen LogP contribution in [0.2, 0.25) is 5.02 Å². The summed E-state index contributed by atoms with van der Waals surface area (Å²) < 4.78 is 13.0. The van der Waals surface area contributed by atoms with Crippen molar-refractivity contribution in [1.82, 2.24) is 5.32 Å². The van der Waals surface area contributed by atoms with E-state index >= 15 is 0 Å². The van der Waals surface area contributed by atoms with Crippen molar-refractivity contribution >= 4 is 34.8 Å². The van der Waals surface area contributed by atoms with Gasteiger partial charge in [-0.25, -0.2) is 4.39 Å². The third-order valence-electron chi connectivity index (χ3n) is 3.18. The van der Waals surface area contributed by atoms with Crippen molar-refractivity contribution < 1.29 is 18.9 Å². The van der Waals surface area contributed by atoms with E-state index in [4.69, 9.17) is 11.6 Å². The van der Waals surface area contributed by atoms with Gasteiger partial charge in [-0.15, -0.1) is 0 Å². The van der Waals surface area contributed by atoms with Crippen LogP contribution in [0.1, 0.15) is 16.8 Å². The van der Waals surface area contributed by atoms with Crippen molar-refractivity contribution in [2.75, 3.05) is 11.9 Å². The number of nitrogens with one attached hydrogen (secondary N) is 2. The molecule has 2 rings (SSSR count). The quantitative estimate of drug-likeness (QED) is 0.606. The second kappa shape index (κ2) is 8.20. The molecular weight excluding hydrogens is 353 g/mol. The molecule has 2 amide bonds. The lowest BCUT2D eigenvalue weighted by molar-refractivity contribution is -0.384. The zero-order valence-electron chi connectivity index (χ0n) is 12.8. The van der Waals surface area contributed by atoms with E-state index < -0.39 is 16.6 Å². The van der Waals surface area contributed by atoms with E-state index in [9.17, 15) is 24.1 Å². The summed E-state index contributed by atoms with van der Waals surface area (Å²) in [4.78, 5) is 33.6. The fourth-order valence-corrected chi connectivity index (χ4v) is 2.10. The van der Waals surface area contributed by atoms with Crippen LogP contribution in [0.3, 0.4) is 0 Å². The predicted molar refractivity (Wildman–Crippen MR) is 90.1 cm³/mol. The minimum Gasteiger partial charge on any atom is -0.352 e. The Morgan fingerprint density at radius 2 is 1.84 bits per heavy atom. The molecule has 0 saturated carbocycles. The monoisotopic (exact) mass is 365 g/mol. The standard InChI is InChI=1S/C16H13ClFN3O4/c17-13-9-11(3-6-14(13)18)20-15(22)7-8-19-16(23)10-1-4-12(5-2-10)21(24)25/h1-6,9H,7-8H2,(H,19,23)(H,20,22). The van der Waals surface area contributed by atoms with E-state index in [1.54, 1.807) is 0 Å². The first-order valence-corrected chi connectivity index (χ1v) is 7.52. The Hall–Kier alpha value is -3.00. The SMILES string of the molecule is O=C(CCNC(=O)c1ccc([N+](=O)[O-])cc1)Nc1ccc(F)c(Cl)c1. The van der Waals surface area contributed by atoms with Crippen LogP contribution in [-0.2, 0) is 4.79 Å². The van der Waals surface area contributed by atoms with Gasteiger partial charge in [0.05, 0.1) is 9.95 Å². The summed E-state index contributed by atoms with van der Waals surface area (Å²) >= 11 is 5.62. The minimum absolute atomic E-state index is 0.00623. The molecule has 0 aliphatic rings. The lowest BCUT2D eigenvalue weighted by Gasteiger charge is -2.07. The number of non-ortho nitro benzene ring substituents is 1. The maximum absolute atomic E-state index is 13.0. The Balaban J connectivity index is 1.81. The molecule has 0 spiro atoms. The van der Waals surface area contributed by atoms with Gasteiger partial charge in [0, 0.05) is 36.3 Å². The van der Waals surface area contributed by atoms with Crippen molar-refractivity contribution in [1.29, 1.82) is 0 Å². The summed E-state index contributed by atoms with van der Waals surface area (Å²) in [7, 11) is 0. The summed E-state index contributed by atoms with van der Waals surface area (Å²) in [5, 5.41) is 15.5. The van der Waals surface area contributed by atoms with Gasteiger partial charge < -0.3 is 10.6 Å². The molecular formula is C16H13ClFN3O4. The largest absolute Gasteiger partial charge is 0.352 e. The topological polar surface area (TPSA) is 101 Å². The number of hydrogen-bond acceptors (Lipinski definition) is 4. The molecule has 2 aromatic rings. The molecule has 7 nitrogen and oxygen atoms in total. The van der Waals surface area contributed by atoms with Gasteiger partial charge in [0.2, 0.25) is 5.91 Å². The molecule has 0 aliphatic heterocycles. The van der Waals surface area contributed by atoms with E-state index in [0.717, 1.165) is 6.07 Å².